The van der Waals surface area contributed by atoms with Crippen molar-refractivity contribution < 1.29 is 19.7 Å². The number of nitrogens with zero attached hydrogens (tertiary/aromatic N) is 3. The Balaban J connectivity index is 1.41. The van der Waals surface area contributed by atoms with Gasteiger partial charge in [0.15, 0.2) is 10.9 Å². The van der Waals surface area contributed by atoms with Gasteiger partial charge in [0.25, 0.3) is 0 Å². The lowest BCUT2D eigenvalue weighted by atomic mass is 9.53. The molecule has 10 heteroatoms. The Morgan fingerprint density at radius 1 is 1.42 bits per heavy atom. The highest BCUT2D eigenvalue weighted by Gasteiger charge is 2.58. The molecule has 2 fully saturated rings. The van der Waals surface area contributed by atoms with Crippen molar-refractivity contribution in [3.63, 3.8) is 0 Å². The van der Waals surface area contributed by atoms with E-state index in [0.717, 1.165) is 48.3 Å². The fourth-order valence-corrected chi connectivity index (χ4v) is 8.03. The van der Waals surface area contributed by atoms with Crippen molar-refractivity contribution in [2.75, 3.05) is 12.4 Å². The number of oxime groups is 1. The molecule has 0 saturated heterocycles. The van der Waals surface area contributed by atoms with E-state index in [9.17, 15) is 20.0 Å². The van der Waals surface area contributed by atoms with E-state index in [1.54, 1.807) is 13.3 Å². The molecule has 192 valence electrons. The average Bonchev–Trinajstić information content (AvgIpc) is 3.37. The van der Waals surface area contributed by atoms with Crippen molar-refractivity contribution in [2.45, 2.75) is 64.7 Å². The standard InChI is InChI=1S/C26H32N4O5S/c1-14-13-27-25(36-14)28-22(32)9-4-15-12-21(29-35-3)26(2)11-10-17-16-7-8-20(31)24(30(33)34)19(16)6-5-18(17)23(15)26/h7-8,13,15,17-18,23,31H,4-6,9-12H2,1-3H3,(H,27,28,32)/b29-21+/t15-,17?,18?,23?,26-/m1/s1. The Hall–Kier alpha value is -3.01. The van der Waals surface area contributed by atoms with E-state index in [-0.39, 0.29) is 34.6 Å². The molecule has 2 aromatic rings. The highest BCUT2D eigenvalue weighted by atomic mass is 32.1. The Labute approximate surface area is 214 Å². The molecule has 0 radical (unpaired) electrons. The summed E-state index contributed by atoms with van der Waals surface area (Å²) < 4.78 is 0. The molecule has 1 aromatic carbocycles. The number of amides is 1. The van der Waals surface area contributed by atoms with Gasteiger partial charge in [-0.15, -0.1) is 11.3 Å². The van der Waals surface area contributed by atoms with Gasteiger partial charge in [0.1, 0.15) is 7.11 Å². The summed E-state index contributed by atoms with van der Waals surface area (Å²) in [6.07, 6.45) is 6.91. The van der Waals surface area contributed by atoms with Crippen molar-refractivity contribution in [2.24, 2.45) is 28.3 Å². The first kappa shape index (κ1) is 24.7. The summed E-state index contributed by atoms with van der Waals surface area (Å²) in [7, 11) is 1.58. The lowest BCUT2D eigenvalue weighted by Crippen LogP contribution is -2.44. The van der Waals surface area contributed by atoms with Crippen molar-refractivity contribution >= 4 is 33.8 Å². The van der Waals surface area contributed by atoms with E-state index in [1.165, 1.54) is 17.4 Å². The number of phenols is 1. The molecule has 1 heterocycles. The molecule has 3 aliphatic rings. The van der Waals surface area contributed by atoms with Crippen LogP contribution >= 0.6 is 11.3 Å². The highest BCUT2D eigenvalue weighted by Crippen LogP contribution is 2.63. The van der Waals surface area contributed by atoms with Crippen LogP contribution in [0.4, 0.5) is 10.8 Å². The van der Waals surface area contributed by atoms with E-state index >= 15 is 0 Å². The van der Waals surface area contributed by atoms with Crippen molar-refractivity contribution in [1.29, 1.82) is 0 Å². The maximum Gasteiger partial charge on any atom is 0.314 e. The molecular weight excluding hydrogens is 480 g/mol. The summed E-state index contributed by atoms with van der Waals surface area (Å²) in [5.41, 5.74) is 2.49. The van der Waals surface area contributed by atoms with Gasteiger partial charge in [-0.1, -0.05) is 18.1 Å². The molecule has 0 bridgehead atoms. The summed E-state index contributed by atoms with van der Waals surface area (Å²) in [5, 5.41) is 29.9. The van der Waals surface area contributed by atoms with Gasteiger partial charge in [-0.25, -0.2) is 4.98 Å². The van der Waals surface area contributed by atoms with E-state index in [2.05, 4.69) is 22.4 Å². The fourth-order valence-electron chi connectivity index (χ4n) is 7.35. The second kappa shape index (κ2) is 9.46. The third-order valence-corrected chi connectivity index (χ3v) is 9.56. The molecule has 3 unspecified atom stereocenters. The zero-order valence-electron chi connectivity index (χ0n) is 20.8. The minimum atomic E-state index is -0.453. The predicted octanol–water partition coefficient (Wildman–Crippen LogP) is 5.57. The molecule has 0 spiro atoms. The normalized spacial score (nSPS) is 29.8. The number of carbonyl (C=O) groups excluding carboxylic acids is 1. The van der Waals surface area contributed by atoms with Crippen LogP contribution in [0.2, 0.25) is 0 Å². The molecule has 1 aromatic heterocycles. The number of aryl methyl sites for hydroxylation is 1. The van der Waals surface area contributed by atoms with Crippen LogP contribution < -0.4 is 5.32 Å². The number of phenolic OH excluding ortho intramolecular Hbond substituents is 1. The van der Waals surface area contributed by atoms with E-state index in [4.69, 9.17) is 4.84 Å². The van der Waals surface area contributed by atoms with E-state index in [0.29, 0.717) is 35.4 Å². The fraction of sp³-hybridized carbons (Fsp3) is 0.577. The highest BCUT2D eigenvalue weighted by molar-refractivity contribution is 7.15. The summed E-state index contributed by atoms with van der Waals surface area (Å²) in [6.45, 7) is 4.24. The summed E-state index contributed by atoms with van der Waals surface area (Å²) in [5.74, 6) is 0.820. The maximum atomic E-state index is 12.7. The van der Waals surface area contributed by atoms with Gasteiger partial charge in [-0.3, -0.25) is 14.9 Å². The molecule has 3 aliphatic carbocycles. The SMILES string of the molecule is CO/N=C1\C[C@@H](CCC(=O)Nc2ncc(C)s2)C2C3CCc4c(ccc(O)c4[N+](=O)[O-])C3CC[C@]12C. The van der Waals surface area contributed by atoms with Crippen molar-refractivity contribution in [3.05, 3.63) is 44.4 Å². The maximum absolute atomic E-state index is 12.7. The van der Waals surface area contributed by atoms with Crippen LogP contribution in [0.1, 0.15) is 67.4 Å². The quantitative estimate of drug-likeness (QED) is 0.385. The number of anilines is 1. The molecule has 36 heavy (non-hydrogen) atoms. The Morgan fingerprint density at radius 3 is 2.92 bits per heavy atom. The van der Waals surface area contributed by atoms with Crippen LogP contribution in [0.15, 0.2) is 23.5 Å². The number of hydrogen-bond acceptors (Lipinski definition) is 8. The van der Waals surface area contributed by atoms with Gasteiger partial charge in [0.05, 0.1) is 10.6 Å². The molecule has 2 saturated carbocycles. The first-order valence-electron chi connectivity index (χ1n) is 12.5. The van der Waals surface area contributed by atoms with Crippen LogP contribution in [0.5, 0.6) is 5.75 Å². The largest absolute Gasteiger partial charge is 0.502 e. The second-order valence-electron chi connectivity index (χ2n) is 10.6. The number of thiazole rings is 1. The Bertz CT molecular complexity index is 1230. The molecule has 5 atom stereocenters. The van der Waals surface area contributed by atoms with Crippen molar-refractivity contribution in [3.8, 4) is 5.75 Å². The number of nitrogens with one attached hydrogen (secondary N) is 1. The van der Waals surface area contributed by atoms with E-state index < -0.39 is 4.92 Å². The molecule has 2 N–H and O–H groups in total. The molecule has 0 aliphatic heterocycles. The number of carbonyl (C=O) groups is 1. The lowest BCUT2D eigenvalue weighted by Gasteiger charge is -2.50. The average molecular weight is 513 g/mol. The third kappa shape index (κ3) is 4.15. The smallest absolute Gasteiger partial charge is 0.314 e. The number of benzene rings is 1. The van der Waals surface area contributed by atoms with Crippen LogP contribution in [-0.4, -0.2) is 33.7 Å². The predicted molar refractivity (Wildman–Crippen MR) is 137 cm³/mol. The number of nitro benzene ring substituents is 1. The van der Waals surface area contributed by atoms with Gasteiger partial charge in [-0.05, 0) is 80.8 Å². The minimum Gasteiger partial charge on any atom is -0.502 e. The van der Waals surface area contributed by atoms with Crippen LogP contribution in [-0.2, 0) is 16.1 Å². The van der Waals surface area contributed by atoms with Crippen molar-refractivity contribution in [1.82, 2.24) is 4.98 Å². The Kier molecular flexibility index (Phi) is 6.48. The first-order chi connectivity index (χ1) is 17.2. The number of rotatable bonds is 6. The molecule has 1 amide bonds. The summed E-state index contributed by atoms with van der Waals surface area (Å²) in [6, 6.07) is 3.36. The van der Waals surface area contributed by atoms with Gasteiger partial charge in [-0.2, -0.15) is 0 Å². The number of hydrogen-bond donors (Lipinski definition) is 2. The third-order valence-electron chi connectivity index (χ3n) is 8.73. The van der Waals surface area contributed by atoms with Gasteiger partial charge >= 0.3 is 5.69 Å². The number of fused-ring (bicyclic) bond motifs is 5. The van der Waals surface area contributed by atoms with E-state index in [1.807, 2.05) is 13.0 Å². The topological polar surface area (TPSA) is 127 Å². The summed E-state index contributed by atoms with van der Waals surface area (Å²) in [4.78, 5) is 34.5. The lowest BCUT2D eigenvalue weighted by molar-refractivity contribution is -0.386. The molecule has 5 rings (SSSR count). The second-order valence-corrected chi connectivity index (χ2v) is 11.8. The summed E-state index contributed by atoms with van der Waals surface area (Å²) >= 11 is 1.47. The number of nitro groups is 1. The van der Waals surface area contributed by atoms with Gasteiger partial charge in [0, 0.05) is 28.5 Å². The van der Waals surface area contributed by atoms with Gasteiger partial charge in [0.2, 0.25) is 5.91 Å². The molecule has 9 nitrogen and oxygen atoms in total. The zero-order chi connectivity index (χ0) is 25.6. The number of aromatic hydroxyl groups is 1. The Morgan fingerprint density at radius 2 is 2.22 bits per heavy atom. The molecular formula is C26H32N4O5S. The zero-order valence-corrected chi connectivity index (χ0v) is 21.6. The van der Waals surface area contributed by atoms with Crippen LogP contribution in [0, 0.1) is 40.2 Å². The van der Waals surface area contributed by atoms with Crippen LogP contribution in [0.3, 0.4) is 0 Å². The first-order valence-corrected chi connectivity index (χ1v) is 13.4. The minimum absolute atomic E-state index is 0.0318. The number of aromatic nitrogens is 1. The van der Waals surface area contributed by atoms with Gasteiger partial charge < -0.3 is 15.3 Å². The monoisotopic (exact) mass is 512 g/mol. The van der Waals surface area contributed by atoms with Crippen LogP contribution in [0.25, 0.3) is 0 Å².